The SMILES string of the molecule is Cc1cc(-c2ccc3c(c2)c2ccccc2n3-c2ccc(-c3ccccc3)cc2)ccc1I. The number of aryl methyl sites for hydroxylation is 1. The van der Waals surface area contributed by atoms with E-state index in [9.17, 15) is 0 Å². The number of fused-ring (bicyclic) bond motifs is 3. The summed E-state index contributed by atoms with van der Waals surface area (Å²) in [5, 5.41) is 2.56. The molecule has 1 aromatic heterocycles. The first kappa shape index (κ1) is 20.3. The number of hydrogen-bond donors (Lipinski definition) is 0. The van der Waals surface area contributed by atoms with Crippen molar-refractivity contribution < 1.29 is 0 Å². The van der Waals surface area contributed by atoms with Crippen LogP contribution in [0.25, 0.3) is 49.7 Å². The summed E-state index contributed by atoms with van der Waals surface area (Å²) in [6, 6.07) is 41.7. The van der Waals surface area contributed by atoms with Gasteiger partial charge in [0.05, 0.1) is 11.0 Å². The summed E-state index contributed by atoms with van der Waals surface area (Å²) in [7, 11) is 0. The van der Waals surface area contributed by atoms with Gasteiger partial charge in [-0.25, -0.2) is 0 Å². The summed E-state index contributed by atoms with van der Waals surface area (Å²) in [5.41, 5.74) is 9.95. The van der Waals surface area contributed by atoms with E-state index in [2.05, 4.69) is 149 Å². The van der Waals surface area contributed by atoms with Gasteiger partial charge in [0, 0.05) is 20.0 Å². The van der Waals surface area contributed by atoms with E-state index in [0.717, 1.165) is 0 Å². The Bertz CT molecular complexity index is 1610. The van der Waals surface area contributed by atoms with E-state index < -0.39 is 0 Å². The quantitative estimate of drug-likeness (QED) is 0.199. The third-order valence-corrected chi connectivity index (χ3v) is 7.61. The van der Waals surface area contributed by atoms with Gasteiger partial charge in [0.2, 0.25) is 0 Å². The van der Waals surface area contributed by atoms with Crippen molar-refractivity contribution in [3.05, 3.63) is 124 Å². The van der Waals surface area contributed by atoms with Crippen molar-refractivity contribution in [1.29, 1.82) is 0 Å². The summed E-state index contributed by atoms with van der Waals surface area (Å²) in [6.07, 6.45) is 0. The second-order valence-electron chi connectivity index (χ2n) is 8.46. The van der Waals surface area contributed by atoms with Crippen molar-refractivity contribution in [2.24, 2.45) is 0 Å². The van der Waals surface area contributed by atoms with Crippen LogP contribution in [0.1, 0.15) is 5.56 Å². The molecule has 0 aliphatic heterocycles. The van der Waals surface area contributed by atoms with Gasteiger partial charge < -0.3 is 4.57 Å². The number of para-hydroxylation sites is 1. The number of nitrogens with zero attached hydrogens (tertiary/aromatic N) is 1. The van der Waals surface area contributed by atoms with Crippen LogP contribution < -0.4 is 0 Å². The van der Waals surface area contributed by atoms with Crippen molar-refractivity contribution in [2.45, 2.75) is 6.92 Å². The zero-order valence-electron chi connectivity index (χ0n) is 18.3. The fraction of sp³-hybridized carbons (Fsp3) is 0.0323. The largest absolute Gasteiger partial charge is 0.309 e. The lowest BCUT2D eigenvalue weighted by Gasteiger charge is -2.10. The first-order valence-corrected chi connectivity index (χ1v) is 12.2. The van der Waals surface area contributed by atoms with Gasteiger partial charge in [0.1, 0.15) is 0 Å². The maximum Gasteiger partial charge on any atom is 0.0541 e. The predicted octanol–water partition coefficient (Wildman–Crippen LogP) is 9.03. The number of halogens is 1. The highest BCUT2D eigenvalue weighted by Crippen LogP contribution is 2.35. The van der Waals surface area contributed by atoms with Crippen molar-refractivity contribution in [2.75, 3.05) is 0 Å². The van der Waals surface area contributed by atoms with Crippen molar-refractivity contribution in [1.82, 2.24) is 4.57 Å². The zero-order valence-corrected chi connectivity index (χ0v) is 20.5. The molecule has 0 aliphatic rings. The van der Waals surface area contributed by atoms with E-state index in [-0.39, 0.29) is 0 Å². The molecule has 0 bridgehead atoms. The molecule has 0 amide bonds. The minimum atomic E-state index is 1.18. The van der Waals surface area contributed by atoms with Gasteiger partial charge >= 0.3 is 0 Å². The van der Waals surface area contributed by atoms with Gasteiger partial charge in [-0.05, 0) is 93.7 Å². The first-order valence-electron chi connectivity index (χ1n) is 11.1. The lowest BCUT2D eigenvalue weighted by Crippen LogP contribution is -1.93. The van der Waals surface area contributed by atoms with Crippen LogP contribution in [0, 0.1) is 10.5 Å². The Morgan fingerprint density at radius 2 is 1.12 bits per heavy atom. The highest BCUT2D eigenvalue weighted by atomic mass is 127. The molecular formula is C31H22IN. The van der Waals surface area contributed by atoms with Crippen molar-refractivity contribution >= 4 is 44.4 Å². The summed E-state index contributed by atoms with van der Waals surface area (Å²) >= 11 is 2.40. The van der Waals surface area contributed by atoms with Crippen LogP contribution >= 0.6 is 22.6 Å². The Hall–Kier alpha value is -3.37. The average molecular weight is 535 g/mol. The molecule has 1 nitrogen and oxygen atoms in total. The molecule has 0 aliphatic carbocycles. The van der Waals surface area contributed by atoms with E-state index in [0.29, 0.717) is 0 Å². The van der Waals surface area contributed by atoms with Gasteiger partial charge in [0.15, 0.2) is 0 Å². The predicted molar refractivity (Wildman–Crippen MR) is 149 cm³/mol. The van der Waals surface area contributed by atoms with Gasteiger partial charge in [-0.3, -0.25) is 0 Å². The molecule has 0 radical (unpaired) electrons. The van der Waals surface area contributed by atoms with E-state index in [1.54, 1.807) is 0 Å². The van der Waals surface area contributed by atoms with Crippen LogP contribution in [-0.4, -0.2) is 4.57 Å². The van der Waals surface area contributed by atoms with E-state index in [1.165, 1.54) is 58.9 Å². The molecule has 0 N–H and O–H groups in total. The highest BCUT2D eigenvalue weighted by molar-refractivity contribution is 14.1. The molecule has 5 aromatic carbocycles. The lowest BCUT2D eigenvalue weighted by molar-refractivity contribution is 1.18. The second kappa shape index (κ2) is 8.20. The second-order valence-corrected chi connectivity index (χ2v) is 9.62. The smallest absolute Gasteiger partial charge is 0.0541 e. The monoisotopic (exact) mass is 535 g/mol. The van der Waals surface area contributed by atoms with Gasteiger partial charge in [-0.1, -0.05) is 78.9 Å². The minimum Gasteiger partial charge on any atom is -0.309 e. The molecule has 1 heterocycles. The average Bonchev–Trinajstić information content (AvgIpc) is 3.20. The van der Waals surface area contributed by atoms with Gasteiger partial charge in [-0.15, -0.1) is 0 Å². The van der Waals surface area contributed by atoms with Crippen LogP contribution in [0.5, 0.6) is 0 Å². The molecule has 158 valence electrons. The fourth-order valence-corrected chi connectivity index (χ4v) is 5.02. The topological polar surface area (TPSA) is 4.93 Å². The number of hydrogen-bond acceptors (Lipinski definition) is 0. The maximum atomic E-state index is 2.40. The molecular weight excluding hydrogens is 513 g/mol. The van der Waals surface area contributed by atoms with Gasteiger partial charge in [0.25, 0.3) is 0 Å². The molecule has 0 saturated carbocycles. The molecule has 6 aromatic rings. The number of aromatic nitrogens is 1. The highest BCUT2D eigenvalue weighted by Gasteiger charge is 2.13. The van der Waals surface area contributed by atoms with Crippen LogP contribution in [-0.2, 0) is 0 Å². The molecule has 0 saturated heterocycles. The van der Waals surface area contributed by atoms with E-state index >= 15 is 0 Å². The zero-order chi connectivity index (χ0) is 22.4. The molecule has 0 unspecified atom stereocenters. The summed E-state index contributed by atoms with van der Waals surface area (Å²) in [4.78, 5) is 0. The maximum absolute atomic E-state index is 2.40. The van der Waals surface area contributed by atoms with Crippen LogP contribution in [0.3, 0.4) is 0 Å². The Kier molecular flexibility index (Phi) is 5.03. The van der Waals surface area contributed by atoms with E-state index in [4.69, 9.17) is 0 Å². The first-order chi connectivity index (χ1) is 16.2. The number of rotatable bonds is 3. The van der Waals surface area contributed by atoms with Crippen molar-refractivity contribution in [3.63, 3.8) is 0 Å². The standard InChI is InChI=1S/C31H22IN/c1-21-19-24(13-17-29(21)32)25-14-18-31-28(20-25)27-9-5-6-10-30(27)33(31)26-15-11-23(12-16-26)22-7-3-2-4-8-22/h2-20H,1H3. The molecule has 0 atom stereocenters. The van der Waals surface area contributed by atoms with Crippen LogP contribution in [0.15, 0.2) is 115 Å². The molecule has 0 spiro atoms. The number of benzene rings is 5. The van der Waals surface area contributed by atoms with Crippen LogP contribution in [0.4, 0.5) is 0 Å². The normalized spacial score (nSPS) is 11.3. The van der Waals surface area contributed by atoms with Crippen molar-refractivity contribution in [3.8, 4) is 27.9 Å². The molecule has 33 heavy (non-hydrogen) atoms. The molecule has 6 rings (SSSR count). The molecule has 2 heteroatoms. The molecule has 0 fully saturated rings. The Balaban J connectivity index is 1.52. The van der Waals surface area contributed by atoms with E-state index in [1.807, 2.05) is 0 Å². The summed E-state index contributed by atoms with van der Waals surface area (Å²) < 4.78 is 3.68. The Labute approximate surface area is 207 Å². The Morgan fingerprint density at radius 1 is 0.515 bits per heavy atom. The third kappa shape index (κ3) is 3.55. The Morgan fingerprint density at radius 3 is 1.91 bits per heavy atom. The van der Waals surface area contributed by atoms with Crippen LogP contribution in [0.2, 0.25) is 0 Å². The summed E-state index contributed by atoms with van der Waals surface area (Å²) in [5.74, 6) is 0. The summed E-state index contributed by atoms with van der Waals surface area (Å²) in [6.45, 7) is 2.18. The van der Waals surface area contributed by atoms with Gasteiger partial charge in [-0.2, -0.15) is 0 Å². The third-order valence-electron chi connectivity index (χ3n) is 6.40. The lowest BCUT2D eigenvalue weighted by atomic mass is 10.0. The minimum absolute atomic E-state index is 1.18. The fourth-order valence-electron chi connectivity index (χ4n) is 4.69.